The fourth-order valence-corrected chi connectivity index (χ4v) is 4.46. The van der Waals surface area contributed by atoms with E-state index in [9.17, 15) is 4.79 Å². The first-order chi connectivity index (χ1) is 9.83. The van der Waals surface area contributed by atoms with Gasteiger partial charge in [0, 0.05) is 21.3 Å². The van der Waals surface area contributed by atoms with E-state index in [0.29, 0.717) is 0 Å². The molecule has 3 aromatic rings. The summed E-state index contributed by atoms with van der Waals surface area (Å²) in [5.74, 6) is 0.195. The van der Waals surface area contributed by atoms with Crippen molar-refractivity contribution in [3.63, 3.8) is 0 Å². The summed E-state index contributed by atoms with van der Waals surface area (Å²) in [4.78, 5) is 18.7. The molecule has 20 heavy (non-hydrogen) atoms. The number of aryl methyl sites for hydroxylation is 1. The van der Waals surface area contributed by atoms with Crippen LogP contribution in [0.25, 0.3) is 16.2 Å². The summed E-state index contributed by atoms with van der Waals surface area (Å²) in [6.45, 7) is 0. The monoisotopic (exact) mass is 297 g/mol. The Morgan fingerprint density at radius 1 is 1.20 bits per heavy atom. The highest BCUT2D eigenvalue weighted by molar-refractivity contribution is 7.21. The summed E-state index contributed by atoms with van der Waals surface area (Å²) >= 11 is 3.19. The lowest BCUT2D eigenvalue weighted by Gasteiger charge is -2.13. The highest BCUT2D eigenvalue weighted by atomic mass is 32.1. The molecule has 0 aliphatic heterocycles. The molecule has 0 N–H and O–H groups in total. The van der Waals surface area contributed by atoms with Crippen LogP contribution < -0.4 is 0 Å². The summed E-state index contributed by atoms with van der Waals surface area (Å²) < 4.78 is 1.21. The Bertz CT molecular complexity index is 827. The Labute approximate surface area is 124 Å². The van der Waals surface area contributed by atoms with Crippen molar-refractivity contribution >= 4 is 44.6 Å². The molecule has 2 aromatic heterocycles. The van der Waals surface area contributed by atoms with Crippen LogP contribution in [0.3, 0.4) is 0 Å². The molecule has 2 heterocycles. The summed E-state index contributed by atoms with van der Waals surface area (Å²) in [5, 5.41) is 1.25. The average molecular weight is 297 g/mol. The number of hydrogen-bond donors (Lipinski definition) is 0. The van der Waals surface area contributed by atoms with Gasteiger partial charge in [0.15, 0.2) is 5.78 Å². The van der Waals surface area contributed by atoms with Gasteiger partial charge in [0.1, 0.15) is 0 Å². The normalized spacial score (nSPS) is 16.8. The highest BCUT2D eigenvalue weighted by Crippen LogP contribution is 2.38. The molecule has 0 atom stereocenters. The molecule has 0 saturated heterocycles. The molecule has 1 aliphatic carbocycles. The standard InChI is InChI=1S/C16H11NOS2/c18-15-10(7-11-8-17-9-19-11)5-6-13-12-3-1-2-4-14(12)20-16(13)15/h1-4,7-9H,5-6H2/b10-7-. The largest absolute Gasteiger partial charge is 0.288 e. The second-order valence-electron chi connectivity index (χ2n) is 4.81. The predicted octanol–water partition coefficient (Wildman–Crippen LogP) is 4.57. The van der Waals surface area contributed by atoms with Crippen molar-refractivity contribution in [1.82, 2.24) is 4.98 Å². The van der Waals surface area contributed by atoms with Crippen molar-refractivity contribution in [2.75, 3.05) is 0 Å². The van der Waals surface area contributed by atoms with Crippen LogP contribution >= 0.6 is 22.7 Å². The molecule has 0 amide bonds. The Balaban J connectivity index is 1.83. The van der Waals surface area contributed by atoms with Crippen molar-refractivity contribution in [3.8, 4) is 0 Å². The molecule has 4 heteroatoms. The maximum atomic E-state index is 12.6. The van der Waals surface area contributed by atoms with E-state index in [1.54, 1.807) is 28.2 Å². The molecular formula is C16H11NOS2. The first-order valence-electron chi connectivity index (χ1n) is 6.47. The number of rotatable bonds is 1. The van der Waals surface area contributed by atoms with Gasteiger partial charge in [0.2, 0.25) is 0 Å². The van der Waals surface area contributed by atoms with Crippen LogP contribution in [0, 0.1) is 0 Å². The van der Waals surface area contributed by atoms with Crippen molar-refractivity contribution in [2.24, 2.45) is 0 Å². The number of ketones is 1. The van der Waals surface area contributed by atoms with Crippen LogP contribution in [0.4, 0.5) is 0 Å². The number of thiazole rings is 1. The first kappa shape index (κ1) is 12.0. The third-order valence-electron chi connectivity index (χ3n) is 3.61. The molecular weight excluding hydrogens is 286 g/mol. The van der Waals surface area contributed by atoms with E-state index < -0.39 is 0 Å². The molecule has 0 bridgehead atoms. The van der Waals surface area contributed by atoms with Gasteiger partial charge in [0.05, 0.1) is 10.4 Å². The maximum Gasteiger partial charge on any atom is 0.199 e. The molecule has 98 valence electrons. The van der Waals surface area contributed by atoms with Gasteiger partial charge in [-0.1, -0.05) is 18.2 Å². The van der Waals surface area contributed by atoms with E-state index in [2.05, 4.69) is 17.1 Å². The van der Waals surface area contributed by atoms with Gasteiger partial charge in [-0.05, 0) is 35.9 Å². The average Bonchev–Trinajstić information content (AvgIpc) is 3.09. The lowest BCUT2D eigenvalue weighted by atomic mass is 9.91. The van der Waals surface area contributed by atoms with Gasteiger partial charge in [-0.2, -0.15) is 0 Å². The Morgan fingerprint density at radius 2 is 2.10 bits per heavy atom. The van der Waals surface area contributed by atoms with Crippen LogP contribution in [-0.4, -0.2) is 10.8 Å². The van der Waals surface area contributed by atoms with Gasteiger partial charge < -0.3 is 0 Å². The molecule has 1 aliphatic rings. The molecule has 0 fully saturated rings. The number of aromatic nitrogens is 1. The number of carbonyl (C=O) groups is 1. The minimum atomic E-state index is 0.195. The van der Waals surface area contributed by atoms with E-state index in [-0.39, 0.29) is 5.78 Å². The quantitative estimate of drug-likeness (QED) is 0.616. The van der Waals surface area contributed by atoms with Crippen molar-refractivity contribution in [2.45, 2.75) is 12.8 Å². The van der Waals surface area contributed by atoms with E-state index in [4.69, 9.17) is 0 Å². The van der Waals surface area contributed by atoms with Gasteiger partial charge in [-0.25, -0.2) is 0 Å². The first-order valence-corrected chi connectivity index (χ1v) is 8.17. The van der Waals surface area contributed by atoms with Crippen molar-refractivity contribution in [1.29, 1.82) is 0 Å². The summed E-state index contributed by atoms with van der Waals surface area (Å²) in [5.41, 5.74) is 3.94. The minimum Gasteiger partial charge on any atom is -0.288 e. The molecule has 0 saturated carbocycles. The third kappa shape index (κ3) is 1.84. The summed E-state index contributed by atoms with van der Waals surface area (Å²) in [7, 11) is 0. The van der Waals surface area contributed by atoms with Crippen molar-refractivity contribution < 1.29 is 4.79 Å². The molecule has 2 nitrogen and oxygen atoms in total. The fraction of sp³-hybridized carbons (Fsp3) is 0.125. The lowest BCUT2D eigenvalue weighted by Crippen LogP contribution is -2.11. The number of nitrogens with zero attached hydrogens (tertiary/aromatic N) is 1. The molecule has 0 radical (unpaired) electrons. The third-order valence-corrected chi connectivity index (χ3v) is 5.54. The van der Waals surface area contributed by atoms with E-state index in [1.165, 1.54) is 15.6 Å². The van der Waals surface area contributed by atoms with Gasteiger partial charge >= 0.3 is 0 Å². The van der Waals surface area contributed by atoms with Crippen molar-refractivity contribution in [3.05, 3.63) is 56.9 Å². The zero-order valence-corrected chi connectivity index (χ0v) is 12.3. The van der Waals surface area contributed by atoms with Gasteiger partial charge in [0.25, 0.3) is 0 Å². The van der Waals surface area contributed by atoms with E-state index in [0.717, 1.165) is 28.2 Å². The predicted molar refractivity (Wildman–Crippen MR) is 84.6 cm³/mol. The Morgan fingerprint density at radius 3 is 2.95 bits per heavy atom. The lowest BCUT2D eigenvalue weighted by molar-refractivity contribution is 0.103. The zero-order valence-electron chi connectivity index (χ0n) is 10.6. The SMILES string of the molecule is O=C1/C(=C\c2cncs2)CCc2c1sc1ccccc21. The smallest absolute Gasteiger partial charge is 0.199 e. The van der Waals surface area contributed by atoms with Crippen LogP contribution in [0.5, 0.6) is 0 Å². The zero-order chi connectivity index (χ0) is 13.5. The minimum absolute atomic E-state index is 0.195. The Kier molecular flexibility index (Phi) is 2.79. The number of allylic oxidation sites excluding steroid dienone is 1. The van der Waals surface area contributed by atoms with Crippen LogP contribution in [0.2, 0.25) is 0 Å². The second kappa shape index (κ2) is 4.65. The summed E-state index contributed by atoms with van der Waals surface area (Å²) in [6, 6.07) is 8.29. The second-order valence-corrected chi connectivity index (χ2v) is 6.78. The van der Waals surface area contributed by atoms with Crippen LogP contribution in [-0.2, 0) is 6.42 Å². The number of benzene rings is 1. The van der Waals surface area contributed by atoms with Gasteiger partial charge in [-0.15, -0.1) is 22.7 Å². The number of hydrogen-bond acceptors (Lipinski definition) is 4. The maximum absolute atomic E-state index is 12.6. The number of Topliss-reactive ketones (excluding diaryl/α,β-unsaturated/α-hetero) is 1. The highest BCUT2D eigenvalue weighted by Gasteiger charge is 2.26. The van der Waals surface area contributed by atoms with Gasteiger partial charge in [-0.3, -0.25) is 9.78 Å². The number of fused-ring (bicyclic) bond motifs is 3. The Hall–Kier alpha value is -1.78. The fourth-order valence-electron chi connectivity index (χ4n) is 2.66. The van der Waals surface area contributed by atoms with E-state index >= 15 is 0 Å². The summed E-state index contributed by atoms with van der Waals surface area (Å²) in [6.07, 6.45) is 5.58. The number of carbonyl (C=O) groups excluding carboxylic acids is 1. The molecule has 1 aromatic carbocycles. The molecule has 0 spiro atoms. The van der Waals surface area contributed by atoms with Crippen LogP contribution in [0.15, 0.2) is 41.5 Å². The van der Waals surface area contributed by atoms with E-state index in [1.807, 2.05) is 24.4 Å². The molecule has 0 unspecified atom stereocenters. The number of thiophene rings is 1. The molecule has 4 rings (SSSR count). The van der Waals surface area contributed by atoms with Crippen LogP contribution in [0.1, 0.15) is 26.5 Å². The topological polar surface area (TPSA) is 30.0 Å².